The molecule has 2 aromatic rings. The average molecular weight is 262 g/mol. The molecule has 0 aliphatic rings. The van der Waals surface area contributed by atoms with Gasteiger partial charge in [-0.05, 0) is 12.1 Å². The molecule has 0 spiro atoms. The van der Waals surface area contributed by atoms with Crippen LogP contribution in [0.4, 0.5) is 5.13 Å². The van der Waals surface area contributed by atoms with Crippen molar-refractivity contribution >= 4 is 67.6 Å². The van der Waals surface area contributed by atoms with E-state index in [2.05, 4.69) is 27.9 Å². The standard InChI is InChI=1S/C7H4ClN3S3/c8-4-2-1-3-5(10-4)14-6(9-3)11-7(12)13/h1-2H,(H2,9,11,12,13). The van der Waals surface area contributed by atoms with Crippen molar-refractivity contribution in [3.05, 3.63) is 17.3 Å². The number of thiocarbonyl (C=S) groups is 1. The fourth-order valence-corrected chi connectivity index (χ4v) is 2.32. The summed E-state index contributed by atoms with van der Waals surface area (Å²) in [6, 6.07) is 3.51. The van der Waals surface area contributed by atoms with Gasteiger partial charge in [-0.2, -0.15) is 0 Å². The third kappa shape index (κ3) is 2.14. The topological polar surface area (TPSA) is 37.8 Å². The van der Waals surface area contributed by atoms with Gasteiger partial charge in [0.25, 0.3) is 0 Å². The van der Waals surface area contributed by atoms with Crippen LogP contribution in [0.5, 0.6) is 0 Å². The zero-order valence-electron chi connectivity index (χ0n) is 6.69. The van der Waals surface area contributed by atoms with Crippen LogP contribution in [0.2, 0.25) is 5.15 Å². The molecule has 0 aliphatic heterocycles. The first-order valence-electron chi connectivity index (χ1n) is 3.58. The number of aromatic nitrogens is 2. The molecule has 2 heterocycles. The van der Waals surface area contributed by atoms with Gasteiger partial charge >= 0.3 is 0 Å². The van der Waals surface area contributed by atoms with E-state index in [1.165, 1.54) is 11.3 Å². The number of thiol groups is 1. The second kappa shape index (κ2) is 3.98. The molecule has 14 heavy (non-hydrogen) atoms. The monoisotopic (exact) mass is 261 g/mol. The normalized spacial score (nSPS) is 10.4. The van der Waals surface area contributed by atoms with Crippen LogP contribution in [0.25, 0.3) is 10.3 Å². The minimum Gasteiger partial charge on any atom is -0.317 e. The quantitative estimate of drug-likeness (QED) is 0.470. The molecule has 0 aromatic carbocycles. The summed E-state index contributed by atoms with van der Waals surface area (Å²) in [5.41, 5.74) is 0.798. The van der Waals surface area contributed by atoms with Gasteiger partial charge in [-0.3, -0.25) is 0 Å². The second-order valence-corrected chi connectivity index (χ2v) is 4.93. The average Bonchev–Trinajstić information content (AvgIpc) is 2.44. The number of fused-ring (bicyclic) bond motifs is 1. The Morgan fingerprint density at radius 3 is 3.00 bits per heavy atom. The zero-order chi connectivity index (χ0) is 10.1. The van der Waals surface area contributed by atoms with Crippen molar-refractivity contribution in [3.63, 3.8) is 0 Å². The van der Waals surface area contributed by atoms with Gasteiger partial charge in [0.2, 0.25) is 0 Å². The van der Waals surface area contributed by atoms with E-state index in [4.69, 9.17) is 23.8 Å². The minimum absolute atomic E-state index is 0.384. The van der Waals surface area contributed by atoms with E-state index in [-0.39, 0.29) is 0 Å². The first kappa shape index (κ1) is 10.1. The van der Waals surface area contributed by atoms with Crippen LogP contribution in [0.3, 0.4) is 0 Å². The van der Waals surface area contributed by atoms with Crippen molar-refractivity contribution in [1.82, 2.24) is 9.97 Å². The summed E-state index contributed by atoms with van der Waals surface area (Å²) < 4.78 is 0.384. The molecule has 0 amide bonds. The van der Waals surface area contributed by atoms with Gasteiger partial charge in [0, 0.05) is 0 Å². The summed E-state index contributed by atoms with van der Waals surface area (Å²) >= 11 is 15.9. The molecule has 0 bridgehead atoms. The molecule has 0 saturated heterocycles. The highest BCUT2D eigenvalue weighted by molar-refractivity contribution is 8.11. The summed E-state index contributed by atoms with van der Waals surface area (Å²) in [5, 5.41) is 3.97. The van der Waals surface area contributed by atoms with Crippen LogP contribution < -0.4 is 5.32 Å². The number of pyridine rings is 1. The lowest BCUT2D eigenvalue weighted by Gasteiger charge is -1.93. The van der Waals surface area contributed by atoms with E-state index in [1.54, 1.807) is 6.07 Å². The van der Waals surface area contributed by atoms with Gasteiger partial charge in [-0.25, -0.2) is 9.97 Å². The van der Waals surface area contributed by atoms with Crippen molar-refractivity contribution in [3.8, 4) is 0 Å². The van der Waals surface area contributed by atoms with E-state index < -0.39 is 0 Å². The summed E-state index contributed by atoms with van der Waals surface area (Å²) in [6.45, 7) is 0. The largest absolute Gasteiger partial charge is 0.317 e. The Labute approximate surface area is 99.9 Å². The molecule has 2 rings (SSSR count). The zero-order valence-corrected chi connectivity index (χ0v) is 9.97. The Kier molecular flexibility index (Phi) is 2.87. The third-order valence-electron chi connectivity index (χ3n) is 1.44. The maximum absolute atomic E-state index is 5.74. The van der Waals surface area contributed by atoms with E-state index in [9.17, 15) is 0 Å². The van der Waals surface area contributed by atoms with Gasteiger partial charge in [-0.15, -0.1) is 12.6 Å². The second-order valence-electron chi connectivity index (χ2n) is 2.41. The van der Waals surface area contributed by atoms with Crippen LogP contribution >= 0.6 is 47.8 Å². The predicted molar refractivity (Wildman–Crippen MR) is 67.6 cm³/mol. The first-order chi connectivity index (χ1) is 6.65. The maximum Gasteiger partial charge on any atom is 0.190 e. The van der Waals surface area contributed by atoms with Crippen molar-refractivity contribution in [2.75, 3.05) is 5.32 Å². The SMILES string of the molecule is S=C(S)Nc1nc2ccc(Cl)nc2s1. The number of rotatable bonds is 1. The molecular weight excluding hydrogens is 258 g/mol. The summed E-state index contributed by atoms with van der Waals surface area (Å²) in [4.78, 5) is 9.14. The van der Waals surface area contributed by atoms with E-state index in [0.29, 0.717) is 14.6 Å². The molecular formula is C7H4ClN3S3. The smallest absolute Gasteiger partial charge is 0.190 e. The van der Waals surface area contributed by atoms with Crippen LogP contribution in [0, 0.1) is 0 Å². The molecule has 2 aromatic heterocycles. The molecule has 0 fully saturated rings. The van der Waals surface area contributed by atoms with Crippen LogP contribution in [0.15, 0.2) is 12.1 Å². The number of nitrogens with one attached hydrogen (secondary N) is 1. The Hall–Kier alpha value is -0.430. The minimum atomic E-state index is 0.384. The molecule has 0 unspecified atom stereocenters. The molecule has 1 N–H and O–H groups in total. The molecule has 0 atom stereocenters. The lowest BCUT2D eigenvalue weighted by Crippen LogP contribution is -1.99. The number of hydrogen-bond acceptors (Lipinski definition) is 4. The van der Waals surface area contributed by atoms with Crippen molar-refractivity contribution < 1.29 is 0 Å². The fraction of sp³-hybridized carbons (Fsp3) is 0. The highest BCUT2D eigenvalue weighted by Crippen LogP contribution is 2.25. The maximum atomic E-state index is 5.74. The van der Waals surface area contributed by atoms with Gasteiger partial charge in [0.15, 0.2) is 5.13 Å². The van der Waals surface area contributed by atoms with Crippen molar-refractivity contribution in [1.29, 1.82) is 0 Å². The Morgan fingerprint density at radius 1 is 1.50 bits per heavy atom. The number of anilines is 1. The Balaban J connectivity index is 2.46. The van der Waals surface area contributed by atoms with Crippen LogP contribution in [-0.2, 0) is 0 Å². The molecule has 0 aliphatic carbocycles. The van der Waals surface area contributed by atoms with Gasteiger partial charge in [-0.1, -0.05) is 35.2 Å². The Morgan fingerprint density at radius 2 is 2.29 bits per heavy atom. The molecule has 0 radical (unpaired) electrons. The van der Waals surface area contributed by atoms with Crippen molar-refractivity contribution in [2.45, 2.75) is 0 Å². The molecule has 0 saturated carbocycles. The third-order valence-corrected chi connectivity index (χ3v) is 2.74. The first-order valence-corrected chi connectivity index (χ1v) is 5.63. The summed E-state index contributed by atoms with van der Waals surface area (Å²) in [5.74, 6) is 0. The lowest BCUT2D eigenvalue weighted by atomic mass is 10.5. The highest BCUT2D eigenvalue weighted by Gasteiger charge is 2.05. The molecule has 7 heteroatoms. The van der Waals surface area contributed by atoms with Gasteiger partial charge in [0.05, 0.1) is 0 Å². The predicted octanol–water partition coefficient (Wildman–Crippen LogP) is 2.97. The number of halogens is 1. The number of thiazole rings is 1. The van der Waals surface area contributed by atoms with Gasteiger partial charge in [0.1, 0.15) is 19.8 Å². The van der Waals surface area contributed by atoms with E-state index >= 15 is 0 Å². The van der Waals surface area contributed by atoms with Crippen LogP contribution in [-0.4, -0.2) is 14.3 Å². The summed E-state index contributed by atoms with van der Waals surface area (Å²) in [6.07, 6.45) is 0. The molecule has 72 valence electrons. The van der Waals surface area contributed by atoms with Crippen molar-refractivity contribution in [2.24, 2.45) is 0 Å². The number of nitrogens with zero attached hydrogens (tertiary/aromatic N) is 2. The van der Waals surface area contributed by atoms with E-state index in [1.807, 2.05) is 6.07 Å². The lowest BCUT2D eigenvalue weighted by molar-refractivity contribution is 1.41. The molecule has 3 nitrogen and oxygen atoms in total. The van der Waals surface area contributed by atoms with Gasteiger partial charge < -0.3 is 5.32 Å². The number of hydrogen-bond donors (Lipinski definition) is 2. The fourth-order valence-electron chi connectivity index (χ4n) is 0.939. The summed E-state index contributed by atoms with van der Waals surface area (Å²) in [7, 11) is 0. The van der Waals surface area contributed by atoms with Crippen LogP contribution in [0.1, 0.15) is 0 Å². The Bertz CT molecular complexity index is 496. The highest BCUT2D eigenvalue weighted by atomic mass is 35.5. The van der Waals surface area contributed by atoms with E-state index in [0.717, 1.165) is 10.3 Å².